The first-order valence-electron chi connectivity index (χ1n) is 11.1. The average molecular weight is 440 g/mol. The number of para-hydroxylation sites is 1. The molecule has 2 rings (SSSR count). The van der Waals surface area contributed by atoms with Gasteiger partial charge in [0.1, 0.15) is 5.75 Å². The number of aryl methyl sites for hydroxylation is 2. The van der Waals surface area contributed by atoms with Crippen LogP contribution in [0.15, 0.2) is 42.5 Å². The van der Waals surface area contributed by atoms with Crippen LogP contribution in [-0.4, -0.2) is 30.4 Å². The Morgan fingerprint density at radius 2 is 1.59 bits per heavy atom. The van der Waals surface area contributed by atoms with Crippen LogP contribution in [-0.2, 0) is 14.3 Å². The quantitative estimate of drug-likeness (QED) is 0.272. The van der Waals surface area contributed by atoms with Crippen molar-refractivity contribution in [2.75, 3.05) is 11.9 Å². The molecule has 2 aromatic rings. The first kappa shape index (κ1) is 25.1. The average Bonchev–Trinajstić information content (AvgIpc) is 2.78. The summed E-state index contributed by atoms with van der Waals surface area (Å²) < 4.78 is 10.9. The van der Waals surface area contributed by atoms with Crippen molar-refractivity contribution in [2.24, 2.45) is 0 Å². The highest BCUT2D eigenvalue weighted by atomic mass is 16.5. The van der Waals surface area contributed by atoms with Gasteiger partial charge in [-0.25, -0.2) is 0 Å². The van der Waals surface area contributed by atoms with Crippen LogP contribution in [0.4, 0.5) is 5.69 Å². The van der Waals surface area contributed by atoms with Gasteiger partial charge in [-0.3, -0.25) is 14.4 Å². The summed E-state index contributed by atoms with van der Waals surface area (Å²) in [5, 5.41) is 2.81. The van der Waals surface area contributed by atoms with E-state index in [2.05, 4.69) is 12.2 Å². The molecule has 0 aliphatic rings. The molecule has 1 N–H and O–H groups in total. The van der Waals surface area contributed by atoms with Crippen LogP contribution >= 0.6 is 0 Å². The van der Waals surface area contributed by atoms with E-state index in [0.717, 1.165) is 36.1 Å². The Hall–Kier alpha value is -3.15. The number of rotatable bonds is 12. The van der Waals surface area contributed by atoms with E-state index in [9.17, 15) is 14.4 Å². The molecule has 1 unspecified atom stereocenters. The number of carbonyl (C=O) groups excluding carboxylic acids is 3. The molecule has 172 valence electrons. The monoisotopic (exact) mass is 439 g/mol. The number of hydrogen-bond donors (Lipinski definition) is 1. The molecule has 6 heteroatoms. The summed E-state index contributed by atoms with van der Waals surface area (Å²) in [5.41, 5.74) is 3.09. The molecule has 2 aromatic carbocycles. The van der Waals surface area contributed by atoms with E-state index in [4.69, 9.17) is 9.47 Å². The van der Waals surface area contributed by atoms with Crippen molar-refractivity contribution < 1.29 is 23.9 Å². The zero-order chi connectivity index (χ0) is 23.5. The van der Waals surface area contributed by atoms with Gasteiger partial charge < -0.3 is 14.8 Å². The van der Waals surface area contributed by atoms with Gasteiger partial charge in [0.05, 0.1) is 13.0 Å². The highest BCUT2D eigenvalue weighted by Crippen LogP contribution is 2.20. The highest BCUT2D eigenvalue weighted by Gasteiger charge is 2.20. The van der Waals surface area contributed by atoms with Crippen molar-refractivity contribution in [3.8, 4) is 5.75 Å². The second kappa shape index (κ2) is 12.6. The maximum Gasteiger partial charge on any atom is 0.307 e. The Labute approximate surface area is 190 Å². The van der Waals surface area contributed by atoms with Gasteiger partial charge in [-0.15, -0.1) is 0 Å². The largest absolute Gasteiger partial charge is 0.494 e. The smallest absolute Gasteiger partial charge is 0.307 e. The predicted octanol–water partition coefficient (Wildman–Crippen LogP) is 5.41. The summed E-state index contributed by atoms with van der Waals surface area (Å²) in [5.74, 6) is -0.428. The fraction of sp³-hybridized carbons (Fsp3) is 0.423. The molecule has 0 fully saturated rings. The van der Waals surface area contributed by atoms with Crippen molar-refractivity contribution in [3.63, 3.8) is 0 Å². The summed E-state index contributed by atoms with van der Waals surface area (Å²) in [6.45, 7) is 8.11. The number of ketones is 1. The van der Waals surface area contributed by atoms with Crippen molar-refractivity contribution in [3.05, 3.63) is 59.2 Å². The van der Waals surface area contributed by atoms with Gasteiger partial charge in [0.2, 0.25) is 0 Å². The lowest BCUT2D eigenvalue weighted by molar-refractivity contribution is -0.153. The minimum Gasteiger partial charge on any atom is -0.494 e. The second-order valence-electron chi connectivity index (χ2n) is 7.89. The molecule has 0 aromatic heterocycles. The van der Waals surface area contributed by atoms with Gasteiger partial charge in [-0.05, 0) is 62.6 Å². The lowest BCUT2D eigenvalue weighted by Gasteiger charge is -2.16. The molecule has 0 aliphatic heterocycles. The molecular weight excluding hydrogens is 406 g/mol. The number of hydrogen-bond acceptors (Lipinski definition) is 5. The fourth-order valence-corrected chi connectivity index (χ4v) is 3.19. The minimum atomic E-state index is -0.958. The van der Waals surface area contributed by atoms with Crippen molar-refractivity contribution in [2.45, 2.75) is 65.9 Å². The van der Waals surface area contributed by atoms with E-state index in [1.54, 1.807) is 24.3 Å². The van der Waals surface area contributed by atoms with Crippen LogP contribution in [0.25, 0.3) is 0 Å². The summed E-state index contributed by atoms with van der Waals surface area (Å²) in [6, 6.07) is 12.6. The number of benzene rings is 2. The predicted molar refractivity (Wildman–Crippen MR) is 125 cm³/mol. The van der Waals surface area contributed by atoms with E-state index in [-0.39, 0.29) is 18.6 Å². The van der Waals surface area contributed by atoms with Crippen molar-refractivity contribution in [1.82, 2.24) is 0 Å². The van der Waals surface area contributed by atoms with Crippen molar-refractivity contribution in [1.29, 1.82) is 0 Å². The maximum atomic E-state index is 12.4. The van der Waals surface area contributed by atoms with Crippen LogP contribution in [0.1, 0.15) is 67.4 Å². The third kappa shape index (κ3) is 7.84. The third-order valence-corrected chi connectivity index (χ3v) is 5.16. The number of anilines is 1. The van der Waals surface area contributed by atoms with Gasteiger partial charge >= 0.3 is 5.97 Å². The van der Waals surface area contributed by atoms with E-state index in [1.807, 2.05) is 32.0 Å². The van der Waals surface area contributed by atoms with Gasteiger partial charge in [-0.2, -0.15) is 0 Å². The number of unbranched alkanes of at least 4 members (excludes halogenated alkanes) is 2. The lowest BCUT2D eigenvalue weighted by Crippen LogP contribution is -2.30. The Morgan fingerprint density at radius 3 is 2.22 bits per heavy atom. The summed E-state index contributed by atoms with van der Waals surface area (Å²) in [4.78, 5) is 36.9. The standard InChI is InChI=1S/C26H33NO5/c1-5-6-7-17-31-22-13-11-21(12-14-22)23(28)15-16-24(29)32-20(4)26(30)27-25-18(2)9-8-10-19(25)3/h8-14,20H,5-7,15-17H2,1-4H3,(H,27,30). The normalized spacial score (nSPS) is 11.5. The fourth-order valence-electron chi connectivity index (χ4n) is 3.19. The van der Waals surface area contributed by atoms with Crippen LogP contribution in [0, 0.1) is 13.8 Å². The summed E-state index contributed by atoms with van der Waals surface area (Å²) >= 11 is 0. The van der Waals surface area contributed by atoms with E-state index < -0.39 is 18.0 Å². The third-order valence-electron chi connectivity index (χ3n) is 5.16. The van der Waals surface area contributed by atoms with E-state index in [0.29, 0.717) is 17.9 Å². The molecule has 32 heavy (non-hydrogen) atoms. The zero-order valence-corrected chi connectivity index (χ0v) is 19.4. The second-order valence-corrected chi connectivity index (χ2v) is 7.89. The van der Waals surface area contributed by atoms with Crippen LogP contribution < -0.4 is 10.1 Å². The molecule has 0 spiro atoms. The SMILES string of the molecule is CCCCCOc1ccc(C(=O)CCC(=O)OC(C)C(=O)Nc2c(C)cccc2C)cc1. The molecule has 6 nitrogen and oxygen atoms in total. The Morgan fingerprint density at radius 1 is 0.938 bits per heavy atom. The maximum absolute atomic E-state index is 12.4. The van der Waals surface area contributed by atoms with Crippen LogP contribution in [0.5, 0.6) is 5.75 Å². The highest BCUT2D eigenvalue weighted by molar-refractivity contribution is 5.98. The molecule has 0 saturated carbocycles. The lowest BCUT2D eigenvalue weighted by atomic mass is 10.1. The molecule has 0 saturated heterocycles. The first-order chi connectivity index (χ1) is 15.3. The Balaban J connectivity index is 1.78. The molecule has 0 radical (unpaired) electrons. The topological polar surface area (TPSA) is 81.7 Å². The molecular formula is C26H33NO5. The Bertz CT molecular complexity index is 900. The van der Waals surface area contributed by atoms with Gasteiger partial charge in [0.25, 0.3) is 5.91 Å². The molecule has 1 atom stereocenters. The number of Topliss-reactive ketones (excluding diaryl/α,β-unsaturated/α-hetero) is 1. The number of nitrogens with one attached hydrogen (secondary N) is 1. The number of esters is 1. The Kier molecular flexibility index (Phi) is 9.92. The van der Waals surface area contributed by atoms with Gasteiger partial charge in [0, 0.05) is 17.7 Å². The van der Waals surface area contributed by atoms with Gasteiger partial charge in [-0.1, -0.05) is 38.0 Å². The van der Waals surface area contributed by atoms with Gasteiger partial charge in [0.15, 0.2) is 11.9 Å². The first-order valence-corrected chi connectivity index (χ1v) is 11.1. The van der Waals surface area contributed by atoms with Crippen molar-refractivity contribution >= 4 is 23.3 Å². The zero-order valence-electron chi connectivity index (χ0n) is 19.4. The molecule has 0 bridgehead atoms. The van der Waals surface area contributed by atoms with E-state index >= 15 is 0 Å². The minimum absolute atomic E-state index is 0.0147. The number of carbonyl (C=O) groups is 3. The summed E-state index contributed by atoms with van der Waals surface area (Å²) in [7, 11) is 0. The molecule has 0 heterocycles. The number of amides is 1. The molecule has 1 amide bonds. The molecule has 0 aliphatic carbocycles. The van der Waals surface area contributed by atoms with Crippen LogP contribution in [0.3, 0.4) is 0 Å². The van der Waals surface area contributed by atoms with Crippen LogP contribution in [0.2, 0.25) is 0 Å². The summed E-state index contributed by atoms with van der Waals surface area (Å²) in [6.07, 6.45) is 2.23. The number of ether oxygens (including phenoxy) is 2. The van der Waals surface area contributed by atoms with E-state index in [1.165, 1.54) is 6.92 Å².